The van der Waals surface area contributed by atoms with E-state index in [1.54, 1.807) is 12.1 Å². The summed E-state index contributed by atoms with van der Waals surface area (Å²) >= 11 is 1.47. The number of anilines is 1. The molecule has 2 N–H and O–H groups in total. The fourth-order valence-corrected chi connectivity index (χ4v) is 3.60. The normalized spacial score (nSPS) is 12.2. The van der Waals surface area contributed by atoms with Crippen LogP contribution in [0.4, 0.5) is 18.9 Å². The van der Waals surface area contributed by atoms with Crippen LogP contribution in [0.25, 0.3) is 11.1 Å². The molecule has 0 saturated carbocycles. The molecule has 0 saturated heterocycles. The van der Waals surface area contributed by atoms with Crippen molar-refractivity contribution in [1.82, 2.24) is 4.72 Å². The summed E-state index contributed by atoms with van der Waals surface area (Å²) in [5.74, 6) is -0.414. The van der Waals surface area contributed by atoms with E-state index in [4.69, 9.17) is 4.74 Å². The molecule has 0 aliphatic carbocycles. The van der Waals surface area contributed by atoms with E-state index in [2.05, 4.69) is 14.8 Å². The van der Waals surface area contributed by atoms with Crippen LogP contribution in [-0.4, -0.2) is 19.3 Å². The Bertz CT molecular complexity index is 1120. The van der Waals surface area contributed by atoms with Crippen molar-refractivity contribution in [3.8, 4) is 28.4 Å². The maximum absolute atomic E-state index is 12.7. The van der Waals surface area contributed by atoms with Gasteiger partial charge in [0.05, 0.1) is 11.3 Å². The molecule has 5 nitrogen and oxygen atoms in total. The van der Waals surface area contributed by atoms with E-state index in [1.165, 1.54) is 18.0 Å². The van der Waals surface area contributed by atoms with Crippen LogP contribution in [0, 0.1) is 0 Å². The van der Waals surface area contributed by atoms with Crippen LogP contribution in [0.15, 0.2) is 65.6 Å². The van der Waals surface area contributed by atoms with Gasteiger partial charge in [0, 0.05) is 11.0 Å². The Morgan fingerprint density at radius 2 is 1.69 bits per heavy atom. The maximum atomic E-state index is 12.7. The van der Waals surface area contributed by atoms with E-state index >= 15 is 0 Å². The lowest BCUT2D eigenvalue weighted by atomic mass is 10.0. The van der Waals surface area contributed by atoms with Crippen molar-refractivity contribution in [2.75, 3.05) is 12.4 Å². The second-order valence-electron chi connectivity index (χ2n) is 6.31. The van der Waals surface area contributed by atoms with Gasteiger partial charge in [0.2, 0.25) is 0 Å². The molecule has 168 valence electrons. The Labute approximate surface area is 188 Å². The van der Waals surface area contributed by atoms with Crippen LogP contribution in [0.1, 0.15) is 24.2 Å². The number of alkyl halides is 3. The van der Waals surface area contributed by atoms with Crippen molar-refractivity contribution in [2.45, 2.75) is 25.1 Å². The van der Waals surface area contributed by atoms with Crippen LogP contribution in [0.2, 0.25) is 0 Å². The van der Waals surface area contributed by atoms with Gasteiger partial charge in [-0.3, -0.25) is 9.52 Å². The first-order valence-electron chi connectivity index (χ1n) is 9.79. The summed E-state index contributed by atoms with van der Waals surface area (Å²) < 4.78 is 50.1. The monoisotopic (exact) mass is 462 g/mol. The predicted molar refractivity (Wildman–Crippen MR) is 119 cm³/mol. The smallest absolute Gasteiger partial charge is 0.454 e. The number of hydrogen-bond acceptors (Lipinski definition) is 5. The Morgan fingerprint density at radius 3 is 2.41 bits per heavy atom. The number of fused-ring (bicyclic) bond motifs is 2. The molecule has 3 aromatic carbocycles. The molecule has 0 atom stereocenters. The molecule has 0 spiro atoms. The van der Waals surface area contributed by atoms with E-state index in [0.29, 0.717) is 5.75 Å². The summed E-state index contributed by atoms with van der Waals surface area (Å²) in [4.78, 5) is 13.8. The number of benzene rings is 3. The number of nitrogens with one attached hydrogen (secondary N) is 2. The number of carbonyl (C=O) groups is 1. The summed E-state index contributed by atoms with van der Waals surface area (Å²) in [5, 5.41) is 2.59. The molecule has 1 aliphatic rings. The van der Waals surface area contributed by atoms with Crippen molar-refractivity contribution in [2.24, 2.45) is 0 Å². The summed E-state index contributed by atoms with van der Waals surface area (Å²) in [7, 11) is 1.82. The first-order valence-corrected chi connectivity index (χ1v) is 10.6. The predicted octanol–water partition coefficient (Wildman–Crippen LogP) is 6.86. The number of amides is 1. The van der Waals surface area contributed by atoms with Crippen molar-refractivity contribution in [3.05, 3.63) is 66.2 Å². The number of hydrogen-bond donors (Lipinski definition) is 2. The molecule has 32 heavy (non-hydrogen) atoms. The third kappa shape index (κ3) is 5.54. The molecule has 1 amide bonds. The molecule has 0 fully saturated rings. The van der Waals surface area contributed by atoms with Gasteiger partial charge in [0.1, 0.15) is 11.5 Å². The number of rotatable bonds is 4. The molecule has 0 aromatic heterocycles. The fraction of sp³-hybridized carbons (Fsp3) is 0.174. The lowest BCUT2D eigenvalue weighted by Gasteiger charge is -2.12. The standard InChI is InChI=1S/C21H15F3N2O3S.C2H6/c1-25-30-15-4-2-3-12(9-15)13-5-7-18-16(10-13)20(27)26-17-11-14(29-21(22,23)24)6-8-19(17)28-18;1-2/h2-11,25H,1H3,(H,26,27);1-2H3. The first kappa shape index (κ1) is 23.5. The highest BCUT2D eigenvalue weighted by atomic mass is 32.2. The summed E-state index contributed by atoms with van der Waals surface area (Å²) in [6.45, 7) is 4.00. The zero-order chi connectivity index (χ0) is 23.3. The molecule has 0 bridgehead atoms. The van der Waals surface area contributed by atoms with E-state index in [0.717, 1.165) is 28.2 Å². The van der Waals surface area contributed by atoms with Crippen molar-refractivity contribution < 1.29 is 27.4 Å². The average molecular weight is 462 g/mol. The molecule has 4 rings (SSSR count). The van der Waals surface area contributed by atoms with Gasteiger partial charge in [-0.2, -0.15) is 0 Å². The van der Waals surface area contributed by atoms with Crippen molar-refractivity contribution in [1.29, 1.82) is 0 Å². The van der Waals surface area contributed by atoms with Crippen molar-refractivity contribution in [3.63, 3.8) is 0 Å². The minimum atomic E-state index is -4.83. The summed E-state index contributed by atoms with van der Waals surface area (Å²) in [6, 6.07) is 16.5. The third-order valence-corrected chi connectivity index (χ3v) is 4.96. The lowest BCUT2D eigenvalue weighted by molar-refractivity contribution is -0.274. The highest BCUT2D eigenvalue weighted by Gasteiger charge is 2.32. The Hall–Kier alpha value is -3.17. The SMILES string of the molecule is CC.CNSc1cccc(-c2ccc3c(c2)C(=O)Nc2cc(OC(F)(F)F)ccc2O3)c1. The van der Waals surface area contributed by atoms with Crippen LogP contribution < -0.4 is 19.5 Å². The van der Waals surface area contributed by atoms with E-state index in [1.807, 2.05) is 51.2 Å². The highest BCUT2D eigenvalue weighted by Crippen LogP contribution is 2.40. The van der Waals surface area contributed by atoms with Gasteiger partial charge in [-0.15, -0.1) is 13.2 Å². The minimum Gasteiger partial charge on any atom is -0.454 e. The quantitative estimate of drug-likeness (QED) is 0.415. The van der Waals surface area contributed by atoms with Gasteiger partial charge in [-0.05, 0) is 66.5 Å². The zero-order valence-electron chi connectivity index (χ0n) is 17.5. The average Bonchev–Trinajstić information content (AvgIpc) is 2.89. The Balaban J connectivity index is 0.00000141. The Kier molecular flexibility index (Phi) is 7.32. The van der Waals surface area contributed by atoms with Gasteiger partial charge in [-0.25, -0.2) is 0 Å². The molecule has 0 unspecified atom stereocenters. The number of ether oxygens (including phenoxy) is 2. The van der Waals surface area contributed by atoms with Crippen LogP contribution >= 0.6 is 11.9 Å². The fourth-order valence-electron chi connectivity index (χ4n) is 3.03. The van der Waals surface area contributed by atoms with Gasteiger partial charge in [0.25, 0.3) is 5.91 Å². The van der Waals surface area contributed by atoms with Crippen LogP contribution in [0.5, 0.6) is 17.2 Å². The van der Waals surface area contributed by atoms with Gasteiger partial charge >= 0.3 is 6.36 Å². The molecular weight excluding hydrogens is 441 g/mol. The topological polar surface area (TPSA) is 59.6 Å². The summed E-state index contributed by atoms with van der Waals surface area (Å²) in [5.41, 5.74) is 2.08. The van der Waals surface area contributed by atoms with Gasteiger partial charge in [0.15, 0.2) is 5.75 Å². The second kappa shape index (κ2) is 9.97. The molecule has 1 aliphatic heterocycles. The summed E-state index contributed by atoms with van der Waals surface area (Å²) in [6.07, 6.45) is -4.83. The number of halogens is 3. The second-order valence-corrected chi connectivity index (χ2v) is 7.39. The molecule has 3 aromatic rings. The van der Waals surface area contributed by atoms with E-state index < -0.39 is 18.0 Å². The largest absolute Gasteiger partial charge is 0.573 e. The maximum Gasteiger partial charge on any atom is 0.573 e. The lowest BCUT2D eigenvalue weighted by Crippen LogP contribution is -2.17. The first-order chi connectivity index (χ1) is 15.3. The van der Waals surface area contributed by atoms with E-state index in [9.17, 15) is 18.0 Å². The van der Waals surface area contributed by atoms with Gasteiger partial charge in [-0.1, -0.05) is 32.0 Å². The van der Waals surface area contributed by atoms with E-state index in [-0.39, 0.29) is 17.0 Å². The zero-order valence-corrected chi connectivity index (χ0v) is 18.4. The highest BCUT2D eigenvalue weighted by molar-refractivity contribution is 7.97. The third-order valence-electron chi connectivity index (χ3n) is 4.26. The van der Waals surface area contributed by atoms with Crippen molar-refractivity contribution >= 4 is 23.5 Å². The van der Waals surface area contributed by atoms with Crippen LogP contribution in [-0.2, 0) is 0 Å². The van der Waals surface area contributed by atoms with Gasteiger partial charge < -0.3 is 14.8 Å². The number of carbonyl (C=O) groups excluding carboxylic acids is 1. The van der Waals surface area contributed by atoms with Crippen LogP contribution in [0.3, 0.4) is 0 Å². The molecule has 1 heterocycles. The molecule has 9 heteroatoms. The Morgan fingerprint density at radius 1 is 0.969 bits per heavy atom. The molecule has 0 radical (unpaired) electrons. The molecular formula is C23H21F3N2O3S. The minimum absolute atomic E-state index is 0.0897.